The van der Waals surface area contributed by atoms with Crippen molar-refractivity contribution in [3.05, 3.63) is 34.1 Å². The van der Waals surface area contributed by atoms with Crippen LogP contribution in [0.25, 0.3) is 0 Å². The largest absolute Gasteiger partial charge is 0.376 e. The van der Waals surface area contributed by atoms with Crippen LogP contribution in [0.2, 0.25) is 5.02 Å². The van der Waals surface area contributed by atoms with Crippen molar-refractivity contribution < 1.29 is 18.7 Å². The molecular weight excluding hydrogens is 273 g/mol. The fourth-order valence-electron chi connectivity index (χ4n) is 1.81. The molecule has 1 aromatic carbocycles. The molecule has 0 saturated carbocycles. The third kappa shape index (κ3) is 3.43. The van der Waals surface area contributed by atoms with E-state index in [9.17, 15) is 9.18 Å². The molecule has 6 heteroatoms. The van der Waals surface area contributed by atoms with Crippen molar-refractivity contribution in [2.75, 3.05) is 26.4 Å². The van der Waals surface area contributed by atoms with Crippen LogP contribution < -0.4 is 5.32 Å². The Labute approximate surface area is 115 Å². The first-order valence-corrected chi connectivity index (χ1v) is 6.39. The zero-order chi connectivity index (χ0) is 13.8. The van der Waals surface area contributed by atoms with E-state index < -0.39 is 11.7 Å². The summed E-state index contributed by atoms with van der Waals surface area (Å²) in [5.74, 6) is -1.17. The van der Waals surface area contributed by atoms with Gasteiger partial charge in [-0.1, -0.05) is 17.7 Å². The molecule has 0 bridgehead atoms. The van der Waals surface area contributed by atoms with E-state index in [1.54, 1.807) is 6.92 Å². The molecule has 0 radical (unpaired) electrons. The minimum absolute atomic E-state index is 0.126. The SMILES string of the molecule is Cc1ccc(F)c(C(=O)NC[C@@H]2COCCO2)c1Cl. The Bertz CT molecular complexity index is 475. The molecule has 19 heavy (non-hydrogen) atoms. The Morgan fingerprint density at radius 1 is 1.53 bits per heavy atom. The molecule has 0 spiro atoms. The zero-order valence-corrected chi connectivity index (χ0v) is 11.3. The number of carbonyl (C=O) groups excluding carboxylic acids is 1. The fraction of sp³-hybridized carbons (Fsp3) is 0.462. The van der Waals surface area contributed by atoms with Crippen LogP contribution in [0.1, 0.15) is 15.9 Å². The molecule has 1 N–H and O–H groups in total. The van der Waals surface area contributed by atoms with Crippen molar-refractivity contribution in [1.29, 1.82) is 0 Å². The van der Waals surface area contributed by atoms with Gasteiger partial charge in [0, 0.05) is 6.54 Å². The van der Waals surface area contributed by atoms with Gasteiger partial charge in [-0.3, -0.25) is 4.79 Å². The monoisotopic (exact) mass is 287 g/mol. The second kappa shape index (κ2) is 6.32. The van der Waals surface area contributed by atoms with Crippen molar-refractivity contribution >= 4 is 17.5 Å². The summed E-state index contributed by atoms with van der Waals surface area (Å²) in [6.07, 6.45) is -0.204. The van der Waals surface area contributed by atoms with Gasteiger partial charge in [-0.2, -0.15) is 0 Å². The molecular formula is C13H15ClFNO3. The predicted octanol–water partition coefficient (Wildman–Crippen LogP) is 1.93. The number of ether oxygens (including phenoxy) is 2. The third-order valence-corrected chi connectivity index (χ3v) is 3.37. The normalized spacial score (nSPS) is 19.2. The van der Waals surface area contributed by atoms with E-state index in [4.69, 9.17) is 21.1 Å². The van der Waals surface area contributed by atoms with Gasteiger partial charge in [0.1, 0.15) is 5.82 Å². The first kappa shape index (κ1) is 14.2. The average molecular weight is 288 g/mol. The summed E-state index contributed by atoms with van der Waals surface area (Å²) in [5.41, 5.74) is 0.531. The summed E-state index contributed by atoms with van der Waals surface area (Å²) in [5, 5.41) is 2.75. The van der Waals surface area contributed by atoms with Crippen LogP contribution >= 0.6 is 11.6 Å². The highest BCUT2D eigenvalue weighted by molar-refractivity contribution is 6.34. The highest BCUT2D eigenvalue weighted by Crippen LogP contribution is 2.23. The Morgan fingerprint density at radius 3 is 3.00 bits per heavy atom. The summed E-state index contributed by atoms with van der Waals surface area (Å²) in [7, 11) is 0. The van der Waals surface area contributed by atoms with Crippen LogP contribution in [0.4, 0.5) is 4.39 Å². The average Bonchev–Trinajstić information content (AvgIpc) is 2.42. The molecule has 1 atom stereocenters. The molecule has 1 heterocycles. The van der Waals surface area contributed by atoms with E-state index in [1.165, 1.54) is 12.1 Å². The number of aryl methyl sites for hydroxylation is 1. The van der Waals surface area contributed by atoms with Crippen molar-refractivity contribution in [2.24, 2.45) is 0 Å². The van der Waals surface area contributed by atoms with E-state index in [2.05, 4.69) is 5.32 Å². The van der Waals surface area contributed by atoms with Crippen LogP contribution in [0, 0.1) is 12.7 Å². The third-order valence-electron chi connectivity index (χ3n) is 2.89. The number of hydrogen-bond acceptors (Lipinski definition) is 3. The summed E-state index contributed by atoms with van der Waals surface area (Å²) in [6, 6.07) is 2.77. The summed E-state index contributed by atoms with van der Waals surface area (Å²) in [6.45, 7) is 3.46. The number of amides is 1. The van der Waals surface area contributed by atoms with Crippen LogP contribution in [-0.2, 0) is 9.47 Å². The molecule has 1 fully saturated rings. The zero-order valence-electron chi connectivity index (χ0n) is 10.5. The lowest BCUT2D eigenvalue weighted by Gasteiger charge is -2.23. The second-order valence-electron chi connectivity index (χ2n) is 4.33. The molecule has 1 aliphatic heterocycles. The van der Waals surface area contributed by atoms with E-state index in [-0.39, 0.29) is 23.2 Å². The first-order valence-electron chi connectivity index (χ1n) is 6.01. The lowest BCUT2D eigenvalue weighted by atomic mass is 10.1. The highest BCUT2D eigenvalue weighted by atomic mass is 35.5. The highest BCUT2D eigenvalue weighted by Gasteiger charge is 2.20. The topological polar surface area (TPSA) is 47.6 Å². The number of rotatable bonds is 3. The van der Waals surface area contributed by atoms with Crippen molar-refractivity contribution in [3.63, 3.8) is 0 Å². The molecule has 1 aliphatic rings. The number of halogens is 2. The Kier molecular flexibility index (Phi) is 4.74. The summed E-state index contributed by atoms with van der Waals surface area (Å²) in [4.78, 5) is 11.9. The molecule has 0 unspecified atom stereocenters. The van der Waals surface area contributed by atoms with Gasteiger partial charge in [0.05, 0.1) is 36.5 Å². The maximum absolute atomic E-state index is 13.6. The molecule has 2 rings (SSSR count). The van der Waals surface area contributed by atoms with E-state index >= 15 is 0 Å². The smallest absolute Gasteiger partial charge is 0.255 e. The van der Waals surface area contributed by atoms with Gasteiger partial charge in [0.25, 0.3) is 5.91 Å². The maximum Gasteiger partial charge on any atom is 0.255 e. The summed E-state index contributed by atoms with van der Waals surface area (Å²) >= 11 is 5.96. The molecule has 4 nitrogen and oxygen atoms in total. The van der Waals surface area contributed by atoms with Crippen molar-refractivity contribution in [2.45, 2.75) is 13.0 Å². The van der Waals surface area contributed by atoms with Gasteiger partial charge in [-0.05, 0) is 18.6 Å². The predicted molar refractivity (Wildman–Crippen MR) is 69.0 cm³/mol. The van der Waals surface area contributed by atoms with Gasteiger partial charge < -0.3 is 14.8 Å². The minimum Gasteiger partial charge on any atom is -0.376 e. The van der Waals surface area contributed by atoms with Gasteiger partial charge in [-0.15, -0.1) is 0 Å². The van der Waals surface area contributed by atoms with Crippen LogP contribution in [-0.4, -0.2) is 38.4 Å². The Morgan fingerprint density at radius 2 is 2.32 bits per heavy atom. The summed E-state index contributed by atoms with van der Waals surface area (Å²) < 4.78 is 24.2. The van der Waals surface area contributed by atoms with Crippen LogP contribution in [0.3, 0.4) is 0 Å². The quantitative estimate of drug-likeness (QED) is 0.924. The first-order chi connectivity index (χ1) is 9.09. The van der Waals surface area contributed by atoms with Gasteiger partial charge in [0.2, 0.25) is 0 Å². The van der Waals surface area contributed by atoms with Crippen molar-refractivity contribution in [3.8, 4) is 0 Å². The van der Waals surface area contributed by atoms with Crippen LogP contribution in [0.5, 0.6) is 0 Å². The van der Waals surface area contributed by atoms with E-state index in [0.717, 1.165) is 0 Å². The molecule has 1 aromatic rings. The van der Waals surface area contributed by atoms with Gasteiger partial charge in [0.15, 0.2) is 0 Å². The van der Waals surface area contributed by atoms with Crippen LogP contribution in [0.15, 0.2) is 12.1 Å². The lowest BCUT2D eigenvalue weighted by molar-refractivity contribution is -0.0855. The minimum atomic E-state index is -0.631. The molecule has 0 aliphatic carbocycles. The molecule has 1 saturated heterocycles. The van der Waals surface area contributed by atoms with Crippen molar-refractivity contribution in [1.82, 2.24) is 5.32 Å². The number of hydrogen-bond donors (Lipinski definition) is 1. The lowest BCUT2D eigenvalue weighted by Crippen LogP contribution is -2.40. The van der Waals surface area contributed by atoms with Gasteiger partial charge in [-0.25, -0.2) is 4.39 Å². The molecule has 0 aromatic heterocycles. The number of carbonyl (C=O) groups is 1. The van der Waals surface area contributed by atoms with E-state index in [1.807, 2.05) is 0 Å². The second-order valence-corrected chi connectivity index (χ2v) is 4.71. The fourth-order valence-corrected chi connectivity index (χ4v) is 2.05. The maximum atomic E-state index is 13.6. The number of nitrogens with one attached hydrogen (secondary N) is 1. The Hall–Kier alpha value is -1.17. The Balaban J connectivity index is 2.01. The van der Waals surface area contributed by atoms with E-state index in [0.29, 0.717) is 25.4 Å². The molecule has 1 amide bonds. The van der Waals surface area contributed by atoms with Gasteiger partial charge >= 0.3 is 0 Å². The standard InChI is InChI=1S/C13H15ClFNO3/c1-8-2-3-10(15)11(12(8)14)13(17)16-6-9-7-18-4-5-19-9/h2-3,9H,4-7H2,1H3,(H,16,17)/t9-/m1/s1. The number of benzene rings is 1. The molecule has 104 valence electrons.